The van der Waals surface area contributed by atoms with Crippen LogP contribution in [0.25, 0.3) is 0 Å². The number of rotatable bonds is 7. The number of carbonyl (C=O) groups excluding carboxylic acids is 3. The smallest absolute Gasteiger partial charge is 0.347 e. The Bertz CT molecular complexity index is 1550. The Morgan fingerprint density at radius 3 is 2.23 bits per heavy atom. The highest BCUT2D eigenvalue weighted by Gasteiger charge is 2.77. The van der Waals surface area contributed by atoms with Crippen LogP contribution in [0.4, 0.5) is 23.7 Å². The first-order valence-corrected chi connectivity index (χ1v) is 13.2. The lowest BCUT2D eigenvalue weighted by Gasteiger charge is -2.23. The highest BCUT2D eigenvalue weighted by atomic mass is 32.2. The van der Waals surface area contributed by atoms with Crippen LogP contribution in [-0.2, 0) is 32.3 Å². The van der Waals surface area contributed by atoms with Crippen molar-refractivity contribution in [1.82, 2.24) is 15.6 Å². The van der Waals surface area contributed by atoms with E-state index in [1.807, 2.05) is 6.07 Å². The first-order chi connectivity index (χ1) is 18.4. The number of carbonyl (C=O) groups is 3. The van der Waals surface area contributed by atoms with Crippen molar-refractivity contribution in [3.63, 3.8) is 0 Å². The van der Waals surface area contributed by atoms with Gasteiger partial charge in [0.15, 0.2) is 0 Å². The molecule has 2 aliphatic rings. The number of sulfone groups is 1. The minimum atomic E-state index is -5.60. The average Bonchev–Trinajstić information content (AvgIpc) is 3.41. The molecule has 4 amide bonds. The molecule has 2 heterocycles. The molecular formula is C26H21F3N4O5S. The molecule has 1 saturated carbocycles. The van der Waals surface area contributed by atoms with E-state index in [9.17, 15) is 36.0 Å². The van der Waals surface area contributed by atoms with Crippen LogP contribution in [0.3, 0.4) is 0 Å². The molecule has 2 fully saturated rings. The molecule has 1 aliphatic heterocycles. The molecule has 13 heteroatoms. The normalized spacial score (nSPS) is 22.6. The second-order valence-corrected chi connectivity index (χ2v) is 11.4. The molecule has 1 aromatic heterocycles. The van der Waals surface area contributed by atoms with Crippen LogP contribution in [0.15, 0.2) is 84.0 Å². The third-order valence-electron chi connectivity index (χ3n) is 6.90. The molecular weight excluding hydrogens is 537 g/mol. The quantitative estimate of drug-likeness (QED) is 0.430. The molecule has 1 saturated heterocycles. The summed E-state index contributed by atoms with van der Waals surface area (Å²) in [6.45, 7) is 0. The number of benzene rings is 2. The molecule has 202 valence electrons. The highest BCUT2D eigenvalue weighted by Crippen LogP contribution is 2.54. The van der Waals surface area contributed by atoms with Crippen molar-refractivity contribution in [1.29, 1.82) is 0 Å². The van der Waals surface area contributed by atoms with Gasteiger partial charge in [0.25, 0.3) is 15.7 Å². The van der Waals surface area contributed by atoms with Crippen molar-refractivity contribution < 1.29 is 36.0 Å². The number of amides is 4. The number of urea groups is 1. The third kappa shape index (κ3) is 4.52. The van der Waals surface area contributed by atoms with E-state index in [0.717, 1.165) is 28.2 Å². The van der Waals surface area contributed by atoms with Crippen LogP contribution in [-0.4, -0.2) is 47.8 Å². The molecule has 5 rings (SSSR count). The fourth-order valence-electron chi connectivity index (χ4n) is 4.92. The van der Waals surface area contributed by atoms with Gasteiger partial charge >= 0.3 is 11.5 Å². The first kappa shape index (κ1) is 26.4. The van der Waals surface area contributed by atoms with Gasteiger partial charge in [-0.1, -0.05) is 30.3 Å². The average molecular weight is 559 g/mol. The number of nitrogens with one attached hydrogen (secondary N) is 2. The summed E-state index contributed by atoms with van der Waals surface area (Å²) in [4.78, 5) is 43.4. The predicted octanol–water partition coefficient (Wildman–Crippen LogP) is 2.91. The Hall–Kier alpha value is -4.26. The Morgan fingerprint density at radius 2 is 1.62 bits per heavy atom. The summed E-state index contributed by atoms with van der Waals surface area (Å²) in [5.41, 5.74) is -6.80. The highest BCUT2D eigenvalue weighted by molar-refractivity contribution is 7.92. The minimum absolute atomic E-state index is 0.0377. The standard InChI is InChI=1S/C26H21F3N4O5S/c27-26(28,29)39(37,38)20-8-6-19(7-9-20)33-22(35)25(32-23(33)36)16-24(25,15-18-10-12-30-13-11-18)31-21(34)14-17-4-2-1-3-5-17/h1-13H,14-16H2,(H,31,34)(H,32,36). The van der Waals surface area contributed by atoms with E-state index in [4.69, 9.17) is 0 Å². The first-order valence-electron chi connectivity index (χ1n) is 11.7. The van der Waals surface area contributed by atoms with Gasteiger partial charge in [0.05, 0.1) is 22.5 Å². The molecule has 9 nitrogen and oxygen atoms in total. The van der Waals surface area contributed by atoms with Gasteiger partial charge in [0, 0.05) is 18.8 Å². The lowest BCUT2D eigenvalue weighted by atomic mass is 9.98. The molecule has 39 heavy (non-hydrogen) atoms. The molecule has 2 aromatic carbocycles. The fourth-order valence-corrected chi connectivity index (χ4v) is 5.68. The maximum absolute atomic E-state index is 13.7. The van der Waals surface area contributed by atoms with Gasteiger partial charge in [-0.25, -0.2) is 18.1 Å². The summed E-state index contributed by atoms with van der Waals surface area (Å²) in [5, 5.41) is 5.60. The number of pyridine rings is 1. The molecule has 0 radical (unpaired) electrons. The monoisotopic (exact) mass is 558 g/mol. The molecule has 0 bridgehead atoms. The van der Waals surface area contributed by atoms with Crippen LogP contribution in [0.1, 0.15) is 17.5 Å². The number of hydrogen-bond donors (Lipinski definition) is 2. The second-order valence-electron chi connectivity index (χ2n) is 9.42. The third-order valence-corrected chi connectivity index (χ3v) is 8.40. The van der Waals surface area contributed by atoms with Crippen LogP contribution in [0.2, 0.25) is 0 Å². The molecule has 3 aromatic rings. The number of halogens is 3. The van der Waals surface area contributed by atoms with Crippen LogP contribution in [0, 0.1) is 0 Å². The zero-order valence-electron chi connectivity index (χ0n) is 20.1. The predicted molar refractivity (Wildman–Crippen MR) is 132 cm³/mol. The minimum Gasteiger partial charge on any atom is -0.347 e. The molecule has 2 atom stereocenters. The number of alkyl halides is 3. The Labute approximate surface area is 221 Å². The van der Waals surface area contributed by atoms with E-state index in [1.54, 1.807) is 48.8 Å². The molecule has 2 unspecified atom stereocenters. The van der Waals surface area contributed by atoms with Gasteiger partial charge in [-0.3, -0.25) is 14.6 Å². The van der Waals surface area contributed by atoms with Gasteiger partial charge in [-0.2, -0.15) is 13.2 Å². The number of aromatic nitrogens is 1. The van der Waals surface area contributed by atoms with Crippen molar-refractivity contribution in [3.05, 3.63) is 90.3 Å². The lowest BCUT2D eigenvalue weighted by Crippen LogP contribution is -2.52. The summed E-state index contributed by atoms with van der Waals surface area (Å²) in [6, 6.07) is 14.8. The zero-order valence-corrected chi connectivity index (χ0v) is 20.9. The summed E-state index contributed by atoms with van der Waals surface area (Å²) < 4.78 is 62.1. The van der Waals surface area contributed by atoms with Crippen molar-refractivity contribution in [2.24, 2.45) is 0 Å². The van der Waals surface area contributed by atoms with E-state index in [0.29, 0.717) is 12.1 Å². The fraction of sp³-hybridized carbons (Fsp3) is 0.231. The van der Waals surface area contributed by atoms with E-state index >= 15 is 0 Å². The second kappa shape index (κ2) is 9.19. The van der Waals surface area contributed by atoms with Crippen LogP contribution >= 0.6 is 0 Å². The number of anilines is 1. The summed E-state index contributed by atoms with van der Waals surface area (Å²) in [5.74, 6) is -1.08. The van der Waals surface area contributed by atoms with Crippen molar-refractivity contribution in [2.75, 3.05) is 4.90 Å². The Morgan fingerprint density at radius 1 is 0.974 bits per heavy atom. The number of hydrogen-bond acceptors (Lipinski definition) is 6. The van der Waals surface area contributed by atoms with Crippen molar-refractivity contribution in [3.8, 4) is 0 Å². The molecule has 2 N–H and O–H groups in total. The van der Waals surface area contributed by atoms with Gasteiger partial charge < -0.3 is 10.6 Å². The van der Waals surface area contributed by atoms with E-state index < -0.39 is 43.3 Å². The molecule has 1 aliphatic carbocycles. The SMILES string of the molecule is O=C(Cc1ccccc1)NC1(Cc2ccncc2)CC12NC(=O)N(c1ccc(S(=O)(=O)C(F)(F)F)cc1)C2=O. The summed E-state index contributed by atoms with van der Waals surface area (Å²) >= 11 is 0. The number of imide groups is 1. The van der Waals surface area contributed by atoms with Crippen LogP contribution in [0.5, 0.6) is 0 Å². The van der Waals surface area contributed by atoms with E-state index in [2.05, 4.69) is 15.6 Å². The van der Waals surface area contributed by atoms with Crippen molar-refractivity contribution >= 4 is 33.4 Å². The maximum atomic E-state index is 13.7. The van der Waals surface area contributed by atoms with Gasteiger partial charge in [0.2, 0.25) is 5.91 Å². The van der Waals surface area contributed by atoms with Gasteiger partial charge in [-0.05, 0) is 53.9 Å². The summed E-state index contributed by atoms with van der Waals surface area (Å²) in [6.07, 6.45) is 3.42. The summed E-state index contributed by atoms with van der Waals surface area (Å²) in [7, 11) is -5.60. The largest absolute Gasteiger partial charge is 0.501 e. The lowest BCUT2D eigenvalue weighted by molar-refractivity contribution is -0.122. The van der Waals surface area contributed by atoms with Gasteiger partial charge in [0.1, 0.15) is 5.54 Å². The van der Waals surface area contributed by atoms with Crippen LogP contribution < -0.4 is 15.5 Å². The van der Waals surface area contributed by atoms with E-state index in [-0.39, 0.29) is 30.9 Å². The van der Waals surface area contributed by atoms with Crippen molar-refractivity contribution in [2.45, 2.75) is 40.7 Å². The molecule has 1 spiro atoms. The maximum Gasteiger partial charge on any atom is 0.501 e. The zero-order chi connectivity index (χ0) is 28.1. The Kier molecular flexibility index (Phi) is 6.21. The van der Waals surface area contributed by atoms with Gasteiger partial charge in [-0.15, -0.1) is 0 Å². The Balaban J connectivity index is 1.43. The number of nitrogens with zero attached hydrogens (tertiary/aromatic N) is 2. The topological polar surface area (TPSA) is 126 Å². The van der Waals surface area contributed by atoms with E-state index in [1.165, 1.54) is 0 Å².